The van der Waals surface area contributed by atoms with Gasteiger partial charge in [0, 0.05) is 35.7 Å². The van der Waals surface area contributed by atoms with Crippen LogP contribution in [-0.2, 0) is 14.4 Å². The van der Waals surface area contributed by atoms with E-state index in [0.717, 1.165) is 44.9 Å². The minimum atomic E-state index is -0.179. The highest BCUT2D eigenvalue weighted by Crippen LogP contribution is 2.79. The maximum atomic E-state index is 12.9. The Bertz CT molecular complexity index is 1960. The zero-order valence-electron chi connectivity index (χ0n) is 43.3. The van der Waals surface area contributed by atoms with E-state index < -0.39 is 0 Å². The Hall–Kier alpha value is -1.55. The molecule has 10 fully saturated rings. The largest absolute Gasteiger partial charge is 0.396 e. The highest BCUT2D eigenvalue weighted by Gasteiger charge is 2.73. The van der Waals surface area contributed by atoms with Crippen LogP contribution in [0.25, 0.3) is 0 Å². The van der Waals surface area contributed by atoms with Crippen molar-refractivity contribution in [2.24, 2.45) is 113 Å². The molecular formula is C60H94O4. The Labute approximate surface area is 391 Å². The summed E-state index contributed by atoms with van der Waals surface area (Å²) in [5.41, 5.74) is 4.15. The molecule has 0 aliphatic heterocycles. The summed E-state index contributed by atoms with van der Waals surface area (Å²) in [5, 5.41) is 10.6. The first-order valence-electron chi connectivity index (χ1n) is 27.2. The monoisotopic (exact) mass is 879 g/mol. The van der Waals surface area contributed by atoms with Crippen molar-refractivity contribution in [2.45, 2.75) is 212 Å². The summed E-state index contributed by atoms with van der Waals surface area (Å²) < 4.78 is 0. The molecule has 1 N–H and O–H groups in total. The van der Waals surface area contributed by atoms with Gasteiger partial charge in [-0.2, -0.15) is 0 Å². The quantitative estimate of drug-likeness (QED) is 0.226. The Morgan fingerprint density at radius 3 is 1.41 bits per heavy atom. The molecule has 4 nitrogen and oxygen atoms in total. The lowest BCUT2D eigenvalue weighted by molar-refractivity contribution is -0.236. The minimum absolute atomic E-state index is 0.0999. The summed E-state index contributed by atoms with van der Waals surface area (Å²) in [6.07, 6.45) is 24.6. The molecule has 8 unspecified atom stereocenters. The predicted molar refractivity (Wildman–Crippen MR) is 261 cm³/mol. The molecule has 0 radical (unpaired) electrons. The molecule has 0 amide bonds. The average molecular weight is 879 g/mol. The molecule has 0 bridgehead atoms. The molecule has 0 heterocycles. The van der Waals surface area contributed by atoms with Gasteiger partial charge in [0.15, 0.2) is 0 Å². The maximum absolute atomic E-state index is 12.9. The fourth-order valence-electron chi connectivity index (χ4n) is 22.6. The summed E-state index contributed by atoms with van der Waals surface area (Å²) in [6.45, 7) is 38.3. The molecule has 0 aromatic heterocycles. The lowest BCUT2D eigenvalue weighted by Crippen LogP contribution is -2.66. The van der Waals surface area contributed by atoms with E-state index in [1.807, 2.05) is 0 Å². The van der Waals surface area contributed by atoms with E-state index in [-0.39, 0.29) is 37.9 Å². The Morgan fingerprint density at radius 1 is 0.516 bits per heavy atom. The van der Waals surface area contributed by atoms with Crippen molar-refractivity contribution in [3.05, 3.63) is 24.3 Å². The van der Waals surface area contributed by atoms with E-state index in [1.165, 1.54) is 101 Å². The zero-order valence-corrected chi connectivity index (χ0v) is 43.3. The first kappa shape index (κ1) is 47.5. The van der Waals surface area contributed by atoms with Crippen molar-refractivity contribution in [3.63, 3.8) is 0 Å². The van der Waals surface area contributed by atoms with E-state index in [0.29, 0.717) is 93.6 Å². The van der Waals surface area contributed by atoms with Crippen LogP contribution in [0.3, 0.4) is 0 Å². The second-order valence-corrected chi connectivity index (χ2v) is 28.5. The lowest BCUT2D eigenvalue weighted by atomic mass is 9.32. The molecule has 0 aromatic carbocycles. The first-order valence-corrected chi connectivity index (χ1v) is 27.2. The smallest absolute Gasteiger partial charge is 0.138 e. The van der Waals surface area contributed by atoms with E-state index in [9.17, 15) is 19.5 Å². The van der Waals surface area contributed by atoms with Crippen LogP contribution in [0.4, 0.5) is 0 Å². The van der Waals surface area contributed by atoms with Gasteiger partial charge in [-0.1, -0.05) is 93.5 Å². The van der Waals surface area contributed by atoms with Gasteiger partial charge < -0.3 is 9.90 Å². The van der Waals surface area contributed by atoms with Crippen LogP contribution >= 0.6 is 0 Å². The molecule has 18 atom stereocenters. The topological polar surface area (TPSA) is 71.4 Å². The maximum Gasteiger partial charge on any atom is 0.138 e. The van der Waals surface area contributed by atoms with Crippen LogP contribution in [-0.4, -0.2) is 29.6 Å². The fourth-order valence-corrected chi connectivity index (χ4v) is 22.6. The van der Waals surface area contributed by atoms with Crippen molar-refractivity contribution < 1.29 is 19.5 Å². The van der Waals surface area contributed by atoms with Gasteiger partial charge in [-0.15, -0.1) is 0 Å². The van der Waals surface area contributed by atoms with Crippen molar-refractivity contribution in [1.29, 1.82) is 0 Å². The number of hydrogen-bond acceptors (Lipinski definition) is 4. The number of aliphatic hydroxyl groups is 1. The number of allylic oxidation sites excluding steroid dienone is 2. The number of aldehydes is 1. The predicted octanol–water partition coefficient (Wildman–Crippen LogP) is 14.6. The molecule has 10 aliphatic rings. The summed E-state index contributed by atoms with van der Waals surface area (Å²) in [4.78, 5) is 38.4. The second-order valence-electron chi connectivity index (χ2n) is 28.5. The molecule has 10 rings (SSSR count). The van der Waals surface area contributed by atoms with Gasteiger partial charge in [-0.25, -0.2) is 0 Å². The standard InChI is InChI=1S/C30H48O2.C30H46O2/c2*1-19(2)20-10-15-30(18-31)17-16-28(6)21(25(20)30)8-9-23-27(5)13-12-24(32)26(3,4)22(27)11-14-29(23,28)7/h20-23,25,31H,1,8-18H2,2-7H3;18,20-23,25H,1,8-17H2,2-7H3/t2*20-,21?,22?,23?,25?,27-,28-,29+,30+/m00/s1. The van der Waals surface area contributed by atoms with Crippen LogP contribution in [0.2, 0.25) is 0 Å². The van der Waals surface area contributed by atoms with Gasteiger partial charge in [-0.05, 0) is 227 Å². The minimum Gasteiger partial charge on any atom is -0.396 e. The molecule has 4 heteroatoms. The molecule has 10 saturated carbocycles. The molecule has 0 aromatic rings. The third-order valence-electron chi connectivity index (χ3n) is 26.4. The van der Waals surface area contributed by atoms with Crippen LogP contribution in [0.1, 0.15) is 212 Å². The van der Waals surface area contributed by atoms with Gasteiger partial charge in [0.2, 0.25) is 0 Å². The van der Waals surface area contributed by atoms with Gasteiger partial charge in [0.1, 0.15) is 17.9 Å². The van der Waals surface area contributed by atoms with Gasteiger partial charge >= 0.3 is 0 Å². The van der Waals surface area contributed by atoms with Gasteiger partial charge in [-0.3, -0.25) is 9.59 Å². The first-order chi connectivity index (χ1) is 29.7. The summed E-state index contributed by atoms with van der Waals surface area (Å²) in [5.74, 6) is 6.98. The van der Waals surface area contributed by atoms with Crippen molar-refractivity contribution >= 4 is 17.9 Å². The van der Waals surface area contributed by atoms with Crippen molar-refractivity contribution in [1.82, 2.24) is 0 Å². The number of rotatable bonds is 4. The molecule has 0 saturated heterocycles. The van der Waals surface area contributed by atoms with Crippen molar-refractivity contribution in [2.75, 3.05) is 6.61 Å². The highest BCUT2D eigenvalue weighted by molar-refractivity contribution is 5.86. The van der Waals surface area contributed by atoms with Crippen LogP contribution in [0, 0.1) is 113 Å². The van der Waals surface area contributed by atoms with Crippen molar-refractivity contribution in [3.8, 4) is 0 Å². The van der Waals surface area contributed by atoms with Crippen LogP contribution in [0.5, 0.6) is 0 Å². The van der Waals surface area contributed by atoms with Crippen LogP contribution < -0.4 is 0 Å². The number of ketones is 2. The molecule has 10 aliphatic carbocycles. The number of fused-ring (bicyclic) bond motifs is 14. The van der Waals surface area contributed by atoms with Gasteiger partial charge in [0.05, 0.1) is 0 Å². The van der Waals surface area contributed by atoms with E-state index >= 15 is 0 Å². The highest BCUT2D eigenvalue weighted by atomic mass is 16.3. The fraction of sp³-hybridized carbons (Fsp3) is 0.883. The molecular weight excluding hydrogens is 785 g/mol. The summed E-state index contributed by atoms with van der Waals surface area (Å²) >= 11 is 0. The molecule has 0 spiro atoms. The Morgan fingerprint density at radius 2 is 0.953 bits per heavy atom. The normalized spacial score (nSPS) is 54.1. The van der Waals surface area contributed by atoms with Crippen LogP contribution in [0.15, 0.2) is 24.3 Å². The average Bonchev–Trinajstić information content (AvgIpc) is 3.83. The third kappa shape index (κ3) is 5.89. The molecule has 358 valence electrons. The number of carbonyl (C=O) groups is 3. The number of aliphatic hydroxyl groups excluding tert-OH is 1. The van der Waals surface area contributed by atoms with E-state index in [1.54, 1.807) is 0 Å². The summed E-state index contributed by atoms with van der Waals surface area (Å²) in [6, 6.07) is 0. The number of Topliss-reactive ketones (excluding diaryl/α,β-unsaturated/α-hetero) is 2. The summed E-state index contributed by atoms with van der Waals surface area (Å²) in [7, 11) is 0. The SMILES string of the molecule is C=C(C)[C@@H]1CC[C@]2(C=O)CC[C@@]3(C)C(CCC4[C@@]5(C)CCC(=O)C(C)(C)C5CC[C@]43C)C12.C=C(C)[C@@H]1CC[C@]2(CO)CC[C@@]3(C)C(CCC4[C@@]5(C)CCC(=O)C(C)(C)C5CC[C@]43C)C12. The van der Waals surface area contributed by atoms with E-state index in [2.05, 4.69) is 96.2 Å². The Kier molecular flexibility index (Phi) is 11.1. The third-order valence-corrected chi connectivity index (χ3v) is 26.4. The van der Waals surface area contributed by atoms with Gasteiger partial charge in [0.25, 0.3) is 0 Å². The number of hydrogen-bond donors (Lipinski definition) is 1. The zero-order chi connectivity index (χ0) is 46.6. The lowest BCUT2D eigenvalue weighted by Gasteiger charge is -2.72. The Balaban J connectivity index is 0.000000162. The number of carbonyl (C=O) groups excluding carboxylic acids is 3. The molecule has 64 heavy (non-hydrogen) atoms. The van der Waals surface area contributed by atoms with E-state index in [4.69, 9.17) is 0 Å². The second kappa shape index (κ2) is 15.0.